The maximum Gasteiger partial charge on any atom is 0.257 e. The number of carbonyl (C=O) groups excluding carboxylic acids is 1. The van der Waals surface area contributed by atoms with Crippen LogP contribution in [0.1, 0.15) is 35.7 Å². The van der Waals surface area contributed by atoms with Crippen LogP contribution >= 0.6 is 11.6 Å². The summed E-state index contributed by atoms with van der Waals surface area (Å²) in [7, 11) is 0. The molecule has 0 aliphatic heterocycles. The molecule has 4 rings (SSSR count). The fourth-order valence-corrected chi connectivity index (χ4v) is 3.25. The minimum atomic E-state index is -0.282. The molecular formula is C22H21ClN6O. The van der Waals surface area contributed by atoms with E-state index in [0.717, 1.165) is 18.4 Å². The van der Waals surface area contributed by atoms with Crippen LogP contribution in [-0.4, -0.2) is 33.3 Å². The van der Waals surface area contributed by atoms with Gasteiger partial charge in [-0.05, 0) is 36.2 Å². The Bertz CT molecular complexity index is 1250. The number of fused-ring (bicyclic) bond motifs is 2. The number of rotatable bonds is 6. The molecule has 0 saturated heterocycles. The minimum Gasteiger partial charge on any atom is -0.383 e. The number of anilines is 1. The quantitative estimate of drug-likeness (QED) is 0.360. The van der Waals surface area contributed by atoms with E-state index in [-0.39, 0.29) is 17.3 Å². The summed E-state index contributed by atoms with van der Waals surface area (Å²) in [4.78, 5) is 22.2. The van der Waals surface area contributed by atoms with E-state index in [4.69, 9.17) is 17.3 Å². The van der Waals surface area contributed by atoms with Gasteiger partial charge in [-0.25, -0.2) is 9.97 Å². The summed E-state index contributed by atoms with van der Waals surface area (Å²) in [5.41, 5.74) is 9.72. The van der Waals surface area contributed by atoms with Crippen molar-refractivity contribution in [2.24, 2.45) is 5.10 Å². The maximum atomic E-state index is 12.9. The molecule has 0 saturated carbocycles. The zero-order chi connectivity index (χ0) is 21.1. The Morgan fingerprint density at radius 1 is 1.17 bits per heavy atom. The van der Waals surface area contributed by atoms with Gasteiger partial charge in [0, 0.05) is 11.6 Å². The fraction of sp³-hybridized carbons (Fsp3) is 0.182. The van der Waals surface area contributed by atoms with Crippen molar-refractivity contribution in [2.45, 2.75) is 19.8 Å². The van der Waals surface area contributed by atoms with Crippen molar-refractivity contribution in [2.75, 3.05) is 12.3 Å². The predicted octanol–water partition coefficient (Wildman–Crippen LogP) is 4.23. The highest BCUT2D eigenvalue weighted by atomic mass is 35.5. The first-order valence-corrected chi connectivity index (χ1v) is 10.1. The summed E-state index contributed by atoms with van der Waals surface area (Å²) in [6.45, 7) is 2.63. The normalized spacial score (nSPS) is 11.5. The van der Waals surface area contributed by atoms with Crippen LogP contribution in [-0.2, 0) is 0 Å². The van der Waals surface area contributed by atoms with Crippen LogP contribution in [0.4, 0.5) is 5.82 Å². The van der Waals surface area contributed by atoms with Crippen LogP contribution in [0.3, 0.4) is 0 Å². The molecular weight excluding hydrogens is 400 g/mol. The summed E-state index contributed by atoms with van der Waals surface area (Å²) < 4.78 is 1.46. The fourth-order valence-electron chi connectivity index (χ4n) is 3.13. The Labute approximate surface area is 178 Å². The van der Waals surface area contributed by atoms with Gasteiger partial charge in [-0.2, -0.15) is 9.78 Å². The summed E-state index contributed by atoms with van der Waals surface area (Å²) in [5, 5.41) is 8.03. The Hall–Kier alpha value is -3.45. The number of para-hydroxylation sites is 2. The van der Waals surface area contributed by atoms with Crippen molar-refractivity contribution in [3.63, 3.8) is 0 Å². The number of hydrogen-bond acceptors (Lipinski definition) is 5. The molecule has 7 nitrogen and oxygen atoms in total. The predicted molar refractivity (Wildman–Crippen MR) is 121 cm³/mol. The SMILES string of the molecule is CCCCNC(=O)c1c(N)n(/N=C\c2ccc(Cl)cc2)c2nc3ccccc3nc12. The summed E-state index contributed by atoms with van der Waals surface area (Å²) in [6.07, 6.45) is 3.50. The highest BCUT2D eigenvalue weighted by molar-refractivity contribution is 6.30. The van der Waals surface area contributed by atoms with Gasteiger partial charge in [-0.15, -0.1) is 0 Å². The molecule has 0 bridgehead atoms. The van der Waals surface area contributed by atoms with E-state index in [0.29, 0.717) is 33.8 Å². The Balaban J connectivity index is 1.85. The molecule has 0 spiro atoms. The van der Waals surface area contributed by atoms with Gasteiger partial charge >= 0.3 is 0 Å². The number of nitrogens with zero attached hydrogens (tertiary/aromatic N) is 4. The first kappa shape index (κ1) is 19.8. The number of hydrogen-bond donors (Lipinski definition) is 2. The van der Waals surface area contributed by atoms with E-state index >= 15 is 0 Å². The van der Waals surface area contributed by atoms with Gasteiger partial charge in [0.15, 0.2) is 5.65 Å². The Kier molecular flexibility index (Phi) is 5.63. The third-order valence-corrected chi connectivity index (χ3v) is 4.96. The van der Waals surface area contributed by atoms with E-state index < -0.39 is 0 Å². The second-order valence-corrected chi connectivity index (χ2v) is 7.30. The van der Waals surface area contributed by atoms with Crippen LogP contribution in [0.5, 0.6) is 0 Å². The van der Waals surface area contributed by atoms with Crippen molar-refractivity contribution >= 4 is 51.7 Å². The molecule has 0 aliphatic rings. The number of benzene rings is 2. The summed E-state index contributed by atoms with van der Waals surface area (Å²) in [5.74, 6) is -0.0875. The molecule has 8 heteroatoms. The first-order valence-electron chi connectivity index (χ1n) is 9.73. The van der Waals surface area contributed by atoms with Gasteiger partial charge in [-0.3, -0.25) is 4.79 Å². The number of nitrogen functional groups attached to an aromatic ring is 1. The maximum absolute atomic E-state index is 12.9. The molecule has 0 radical (unpaired) electrons. The lowest BCUT2D eigenvalue weighted by Gasteiger charge is -2.04. The molecule has 0 fully saturated rings. The van der Waals surface area contributed by atoms with Crippen LogP contribution < -0.4 is 11.1 Å². The summed E-state index contributed by atoms with van der Waals surface area (Å²) >= 11 is 5.95. The lowest BCUT2D eigenvalue weighted by molar-refractivity contribution is 0.0955. The van der Waals surface area contributed by atoms with Crippen molar-refractivity contribution in [1.29, 1.82) is 0 Å². The summed E-state index contributed by atoms with van der Waals surface area (Å²) in [6, 6.07) is 14.7. The second-order valence-electron chi connectivity index (χ2n) is 6.86. The molecule has 4 aromatic rings. The van der Waals surface area contributed by atoms with Gasteiger partial charge in [0.05, 0.1) is 17.2 Å². The number of amides is 1. The number of nitrogens with two attached hydrogens (primary N) is 1. The highest BCUT2D eigenvalue weighted by Gasteiger charge is 2.23. The number of halogens is 1. The number of carbonyl (C=O) groups is 1. The van der Waals surface area contributed by atoms with Gasteiger partial charge in [0.2, 0.25) is 0 Å². The molecule has 152 valence electrons. The largest absolute Gasteiger partial charge is 0.383 e. The standard InChI is InChI=1S/C22H21ClN6O/c1-2-3-12-25-22(30)18-19-21(28-17-7-5-4-6-16(17)27-19)29(20(18)24)26-13-14-8-10-15(23)11-9-14/h4-11,13H,2-3,12,24H2,1H3,(H,25,30)/b26-13-. The molecule has 2 aromatic carbocycles. The van der Waals surface area contributed by atoms with Crippen LogP contribution in [0.25, 0.3) is 22.2 Å². The molecule has 1 amide bonds. The van der Waals surface area contributed by atoms with Gasteiger partial charge < -0.3 is 11.1 Å². The zero-order valence-electron chi connectivity index (χ0n) is 16.5. The van der Waals surface area contributed by atoms with Crippen molar-refractivity contribution in [3.8, 4) is 0 Å². The molecule has 0 aliphatic carbocycles. The van der Waals surface area contributed by atoms with Crippen molar-refractivity contribution in [1.82, 2.24) is 20.0 Å². The number of aromatic nitrogens is 3. The lowest BCUT2D eigenvalue weighted by Crippen LogP contribution is -2.25. The second kappa shape index (κ2) is 8.51. The molecule has 0 atom stereocenters. The van der Waals surface area contributed by atoms with Crippen LogP contribution in [0.15, 0.2) is 53.6 Å². The number of nitrogens with one attached hydrogen (secondary N) is 1. The van der Waals surface area contributed by atoms with Crippen LogP contribution in [0.2, 0.25) is 5.02 Å². The topological polar surface area (TPSA) is 98.2 Å². The highest BCUT2D eigenvalue weighted by Crippen LogP contribution is 2.27. The Morgan fingerprint density at radius 2 is 1.87 bits per heavy atom. The van der Waals surface area contributed by atoms with Gasteiger partial charge in [0.25, 0.3) is 5.91 Å². The molecule has 2 aromatic heterocycles. The molecule has 30 heavy (non-hydrogen) atoms. The van der Waals surface area contributed by atoms with E-state index in [1.165, 1.54) is 4.68 Å². The van der Waals surface area contributed by atoms with Crippen LogP contribution in [0, 0.1) is 0 Å². The smallest absolute Gasteiger partial charge is 0.257 e. The third kappa shape index (κ3) is 3.84. The Morgan fingerprint density at radius 3 is 2.57 bits per heavy atom. The monoisotopic (exact) mass is 420 g/mol. The molecule has 3 N–H and O–H groups in total. The van der Waals surface area contributed by atoms with Crippen molar-refractivity contribution in [3.05, 3.63) is 64.7 Å². The zero-order valence-corrected chi connectivity index (χ0v) is 17.2. The third-order valence-electron chi connectivity index (χ3n) is 4.71. The molecule has 2 heterocycles. The minimum absolute atomic E-state index is 0.194. The van der Waals surface area contributed by atoms with E-state index in [9.17, 15) is 4.79 Å². The lowest BCUT2D eigenvalue weighted by atomic mass is 10.2. The molecule has 0 unspecified atom stereocenters. The average molecular weight is 421 g/mol. The van der Waals surface area contributed by atoms with Gasteiger partial charge in [-0.1, -0.05) is 49.2 Å². The average Bonchev–Trinajstić information content (AvgIpc) is 3.02. The van der Waals surface area contributed by atoms with E-state index in [1.807, 2.05) is 36.4 Å². The van der Waals surface area contributed by atoms with E-state index in [2.05, 4.69) is 27.3 Å². The van der Waals surface area contributed by atoms with Crippen molar-refractivity contribution < 1.29 is 4.79 Å². The number of unbranched alkanes of at least 4 members (excludes halogenated alkanes) is 1. The van der Waals surface area contributed by atoms with E-state index in [1.54, 1.807) is 18.3 Å². The van der Waals surface area contributed by atoms with Gasteiger partial charge in [0.1, 0.15) is 16.9 Å². The first-order chi connectivity index (χ1) is 14.6.